The van der Waals surface area contributed by atoms with Crippen molar-refractivity contribution < 1.29 is 13.9 Å². The maximum Gasteiger partial charge on any atom is 0.268 e. The van der Waals surface area contributed by atoms with E-state index >= 15 is 0 Å². The summed E-state index contributed by atoms with van der Waals surface area (Å²) in [4.78, 5) is 12.2. The molecule has 0 amide bonds. The Bertz CT molecular complexity index is 856. The highest BCUT2D eigenvalue weighted by Crippen LogP contribution is 2.34. The highest BCUT2D eigenvalue weighted by molar-refractivity contribution is 5.81. The van der Waals surface area contributed by atoms with E-state index in [0.717, 1.165) is 0 Å². The Morgan fingerprint density at radius 3 is 2.67 bits per heavy atom. The van der Waals surface area contributed by atoms with Crippen LogP contribution in [-0.2, 0) is 0 Å². The topological polar surface area (TPSA) is 53.1 Å². The van der Waals surface area contributed by atoms with Crippen LogP contribution in [0, 0.1) is 0 Å². The van der Waals surface area contributed by atoms with Crippen LogP contribution in [0.1, 0.15) is 0 Å². The SMILES string of the molecule is O=c1c2cc3c(cc2oc2cccn12)OC=CO3. The molecular weight excluding hydrogens is 234 g/mol. The second-order valence-electron chi connectivity index (χ2n) is 3.93. The number of hydrogen-bond donors (Lipinski definition) is 0. The van der Waals surface area contributed by atoms with E-state index in [1.807, 2.05) is 0 Å². The van der Waals surface area contributed by atoms with Crippen LogP contribution >= 0.6 is 0 Å². The predicted octanol–water partition coefficient (Wildman–Crippen LogP) is 2.29. The molecule has 0 saturated heterocycles. The second kappa shape index (κ2) is 3.16. The first-order valence-corrected chi connectivity index (χ1v) is 5.39. The van der Waals surface area contributed by atoms with Crippen molar-refractivity contribution in [1.82, 2.24) is 4.40 Å². The summed E-state index contributed by atoms with van der Waals surface area (Å²) in [5, 5.41) is 0.455. The summed E-state index contributed by atoms with van der Waals surface area (Å²) in [6.07, 6.45) is 4.52. The first-order chi connectivity index (χ1) is 8.83. The van der Waals surface area contributed by atoms with E-state index in [9.17, 15) is 4.79 Å². The normalized spacial score (nSPS) is 13.3. The van der Waals surface area contributed by atoms with Gasteiger partial charge in [-0.15, -0.1) is 0 Å². The molecule has 0 spiro atoms. The van der Waals surface area contributed by atoms with Crippen molar-refractivity contribution >= 4 is 16.7 Å². The van der Waals surface area contributed by atoms with Crippen LogP contribution in [-0.4, -0.2) is 4.40 Å². The maximum atomic E-state index is 12.2. The number of fused-ring (bicyclic) bond motifs is 3. The summed E-state index contributed by atoms with van der Waals surface area (Å²) in [7, 11) is 0. The molecule has 3 heterocycles. The molecule has 1 aliphatic rings. The van der Waals surface area contributed by atoms with Gasteiger partial charge in [0.15, 0.2) is 11.5 Å². The zero-order chi connectivity index (χ0) is 12.1. The Kier molecular flexibility index (Phi) is 1.64. The fourth-order valence-electron chi connectivity index (χ4n) is 2.04. The van der Waals surface area contributed by atoms with Gasteiger partial charge in [-0.25, -0.2) is 0 Å². The smallest absolute Gasteiger partial charge is 0.268 e. The number of aromatic nitrogens is 1. The minimum atomic E-state index is -0.141. The van der Waals surface area contributed by atoms with E-state index in [0.29, 0.717) is 28.2 Å². The standard InChI is InChI=1S/C13H7NO4/c15-13-8-6-10-11(17-5-4-16-10)7-9(8)18-12-2-1-3-14(12)13/h1-7H. The zero-order valence-corrected chi connectivity index (χ0v) is 9.12. The van der Waals surface area contributed by atoms with Crippen molar-refractivity contribution in [1.29, 1.82) is 0 Å². The van der Waals surface area contributed by atoms with E-state index in [2.05, 4.69) is 0 Å². The molecule has 5 heteroatoms. The highest BCUT2D eigenvalue weighted by Gasteiger charge is 2.14. The van der Waals surface area contributed by atoms with Gasteiger partial charge >= 0.3 is 0 Å². The van der Waals surface area contributed by atoms with Crippen molar-refractivity contribution in [3.05, 3.63) is 53.3 Å². The van der Waals surface area contributed by atoms with Crippen LogP contribution in [0.25, 0.3) is 16.7 Å². The van der Waals surface area contributed by atoms with E-state index < -0.39 is 0 Å². The maximum absolute atomic E-state index is 12.2. The molecule has 0 radical (unpaired) electrons. The third-order valence-corrected chi connectivity index (χ3v) is 2.87. The number of hydrogen-bond acceptors (Lipinski definition) is 4. The van der Waals surface area contributed by atoms with Crippen LogP contribution < -0.4 is 15.0 Å². The van der Waals surface area contributed by atoms with Crippen LogP contribution in [0.15, 0.2) is 52.2 Å². The Balaban J connectivity index is 2.17. The van der Waals surface area contributed by atoms with Crippen LogP contribution in [0.3, 0.4) is 0 Å². The lowest BCUT2D eigenvalue weighted by molar-refractivity contribution is 0.362. The quantitative estimate of drug-likeness (QED) is 0.606. The molecule has 1 aromatic carbocycles. The molecule has 18 heavy (non-hydrogen) atoms. The van der Waals surface area contributed by atoms with Gasteiger partial charge in [0.2, 0.25) is 5.71 Å². The third kappa shape index (κ3) is 1.13. The first kappa shape index (κ1) is 9.35. The van der Waals surface area contributed by atoms with Crippen molar-refractivity contribution in [2.24, 2.45) is 0 Å². The summed E-state index contributed by atoms with van der Waals surface area (Å²) in [5.41, 5.74) is 0.834. The molecule has 88 valence electrons. The summed E-state index contributed by atoms with van der Waals surface area (Å²) in [6.45, 7) is 0. The minimum Gasteiger partial charge on any atom is -0.458 e. The van der Waals surface area contributed by atoms with E-state index in [4.69, 9.17) is 13.9 Å². The van der Waals surface area contributed by atoms with E-state index in [1.54, 1.807) is 30.5 Å². The van der Waals surface area contributed by atoms with Gasteiger partial charge in [-0.1, -0.05) is 0 Å². The number of nitrogens with zero attached hydrogens (tertiary/aromatic N) is 1. The van der Waals surface area contributed by atoms with Gasteiger partial charge in [0.05, 0.1) is 5.39 Å². The number of benzene rings is 1. The molecule has 3 aromatic rings. The monoisotopic (exact) mass is 241 g/mol. The Morgan fingerprint density at radius 2 is 1.83 bits per heavy atom. The van der Waals surface area contributed by atoms with Gasteiger partial charge in [-0.05, 0) is 6.07 Å². The van der Waals surface area contributed by atoms with Crippen molar-refractivity contribution in [3.63, 3.8) is 0 Å². The summed E-state index contributed by atoms with van der Waals surface area (Å²) in [5.74, 6) is 1.04. The molecule has 2 aromatic heterocycles. The molecule has 0 bridgehead atoms. The van der Waals surface area contributed by atoms with Crippen LogP contribution in [0.4, 0.5) is 0 Å². The first-order valence-electron chi connectivity index (χ1n) is 5.39. The lowest BCUT2D eigenvalue weighted by Crippen LogP contribution is -2.11. The fraction of sp³-hybridized carbons (Fsp3) is 0. The highest BCUT2D eigenvalue weighted by atomic mass is 16.5. The fourth-order valence-corrected chi connectivity index (χ4v) is 2.04. The minimum absolute atomic E-state index is 0.141. The second-order valence-corrected chi connectivity index (χ2v) is 3.93. The number of ether oxygens (including phenoxy) is 2. The summed E-state index contributed by atoms with van der Waals surface area (Å²) >= 11 is 0. The lowest BCUT2D eigenvalue weighted by atomic mass is 10.2. The molecule has 1 aliphatic heterocycles. The van der Waals surface area contributed by atoms with Crippen LogP contribution in [0.5, 0.6) is 11.5 Å². The molecule has 4 rings (SSSR count). The molecule has 0 atom stereocenters. The van der Waals surface area contributed by atoms with Gasteiger partial charge in [0, 0.05) is 24.4 Å². The van der Waals surface area contributed by atoms with E-state index in [1.165, 1.54) is 16.9 Å². The van der Waals surface area contributed by atoms with Crippen molar-refractivity contribution in [3.8, 4) is 11.5 Å². The molecule has 0 unspecified atom stereocenters. The van der Waals surface area contributed by atoms with Gasteiger partial charge in [-0.3, -0.25) is 9.20 Å². The molecule has 0 aliphatic carbocycles. The Labute approximate surface area is 100 Å². The summed E-state index contributed by atoms with van der Waals surface area (Å²) < 4.78 is 17.7. The molecule has 0 N–H and O–H groups in total. The average Bonchev–Trinajstić information content (AvgIpc) is 2.86. The Hall–Kier alpha value is -2.69. The van der Waals surface area contributed by atoms with Gasteiger partial charge in [0.1, 0.15) is 18.1 Å². The van der Waals surface area contributed by atoms with Gasteiger partial charge in [-0.2, -0.15) is 0 Å². The third-order valence-electron chi connectivity index (χ3n) is 2.87. The van der Waals surface area contributed by atoms with Gasteiger partial charge < -0.3 is 13.9 Å². The van der Waals surface area contributed by atoms with Crippen molar-refractivity contribution in [2.45, 2.75) is 0 Å². The molecular formula is C13H7NO4. The predicted molar refractivity (Wildman–Crippen MR) is 63.8 cm³/mol. The van der Waals surface area contributed by atoms with E-state index in [-0.39, 0.29) is 5.56 Å². The molecule has 0 saturated carbocycles. The Morgan fingerprint density at radius 1 is 1.06 bits per heavy atom. The van der Waals surface area contributed by atoms with Crippen molar-refractivity contribution in [2.75, 3.05) is 0 Å². The molecule has 5 nitrogen and oxygen atoms in total. The number of rotatable bonds is 0. The lowest BCUT2D eigenvalue weighted by Gasteiger charge is -2.12. The van der Waals surface area contributed by atoms with Crippen LogP contribution in [0.2, 0.25) is 0 Å². The zero-order valence-electron chi connectivity index (χ0n) is 9.12. The molecule has 0 fully saturated rings. The van der Waals surface area contributed by atoms with Gasteiger partial charge in [0.25, 0.3) is 5.56 Å². The average molecular weight is 241 g/mol. The summed E-state index contributed by atoms with van der Waals surface area (Å²) in [6, 6.07) is 6.77. The largest absolute Gasteiger partial charge is 0.458 e.